The summed E-state index contributed by atoms with van der Waals surface area (Å²) in [5, 5.41) is 2.91. The van der Waals surface area contributed by atoms with E-state index in [1.165, 1.54) is 14.8 Å². The Labute approximate surface area is 227 Å². The van der Waals surface area contributed by atoms with Crippen LogP contribution in [0.2, 0.25) is 0 Å². The molecule has 0 saturated carbocycles. The number of hydrogen-bond acceptors (Lipinski definition) is 5. The first-order valence-electron chi connectivity index (χ1n) is 11.8. The zero-order valence-corrected chi connectivity index (χ0v) is 23.1. The van der Waals surface area contributed by atoms with Crippen LogP contribution >= 0.6 is 23.5 Å². The van der Waals surface area contributed by atoms with Crippen molar-refractivity contribution in [2.75, 3.05) is 22.4 Å². The third-order valence-corrected chi connectivity index (χ3v) is 9.46. The molecule has 0 saturated heterocycles. The van der Waals surface area contributed by atoms with E-state index in [0.717, 1.165) is 10.6 Å². The van der Waals surface area contributed by atoms with Gasteiger partial charge in [-0.05, 0) is 91.5 Å². The molecule has 0 radical (unpaired) electrons. The highest BCUT2D eigenvalue weighted by molar-refractivity contribution is 7.98. The van der Waals surface area contributed by atoms with Gasteiger partial charge in [0.05, 0.1) is 10.6 Å². The summed E-state index contributed by atoms with van der Waals surface area (Å²) in [7, 11) is -3.72. The van der Waals surface area contributed by atoms with Gasteiger partial charge in [-0.2, -0.15) is 0 Å². The lowest BCUT2D eigenvalue weighted by atomic mass is 10.1. The van der Waals surface area contributed by atoms with Crippen LogP contribution in [0.3, 0.4) is 0 Å². The second-order valence-electron chi connectivity index (χ2n) is 8.14. The zero-order valence-electron chi connectivity index (χ0n) is 20.6. The average Bonchev–Trinajstić information content (AvgIpc) is 2.94. The van der Waals surface area contributed by atoms with Gasteiger partial charge in [-0.25, -0.2) is 8.42 Å². The molecule has 0 aliphatic rings. The topological polar surface area (TPSA) is 66.5 Å². The Morgan fingerprint density at radius 3 is 2.05 bits per heavy atom. The Kier molecular flexibility index (Phi) is 8.97. The standard InChI is InChI=1S/C29H28N2O3S3/c1-3-31(37(33,34)28-19-17-26(35-2)18-20-28)25-15-11-23(12-16-25)29(32)30-24-13-9-22(10-14-24)21-36-27-7-5-4-6-8-27/h4-20H,3,21H2,1-2H3,(H,30,32). The molecule has 190 valence electrons. The molecule has 4 aromatic carbocycles. The van der Waals surface area contributed by atoms with Crippen molar-refractivity contribution in [2.45, 2.75) is 27.4 Å². The van der Waals surface area contributed by atoms with Crippen molar-refractivity contribution in [3.05, 3.63) is 114 Å². The van der Waals surface area contributed by atoms with E-state index in [1.54, 1.807) is 79.0 Å². The summed E-state index contributed by atoms with van der Waals surface area (Å²) in [6.07, 6.45) is 1.95. The van der Waals surface area contributed by atoms with Crippen molar-refractivity contribution in [3.63, 3.8) is 0 Å². The fourth-order valence-electron chi connectivity index (χ4n) is 3.72. The number of carbonyl (C=O) groups excluding carboxylic acids is 1. The second kappa shape index (κ2) is 12.4. The van der Waals surface area contributed by atoms with Crippen LogP contribution in [-0.4, -0.2) is 27.1 Å². The summed E-state index contributed by atoms with van der Waals surface area (Å²) in [6, 6.07) is 31.5. The van der Waals surface area contributed by atoms with Crippen molar-refractivity contribution < 1.29 is 13.2 Å². The van der Waals surface area contributed by atoms with E-state index in [4.69, 9.17) is 0 Å². The first kappa shape index (κ1) is 26.9. The predicted molar refractivity (Wildman–Crippen MR) is 155 cm³/mol. The predicted octanol–water partition coefficient (Wildman–Crippen LogP) is 7.17. The molecule has 0 unspecified atom stereocenters. The van der Waals surface area contributed by atoms with E-state index in [1.807, 2.05) is 48.7 Å². The van der Waals surface area contributed by atoms with Crippen molar-refractivity contribution in [1.29, 1.82) is 0 Å². The van der Waals surface area contributed by atoms with Crippen LogP contribution in [0.25, 0.3) is 0 Å². The summed E-state index contributed by atoms with van der Waals surface area (Å²) in [6.45, 7) is 2.06. The average molecular weight is 549 g/mol. The van der Waals surface area contributed by atoms with Crippen LogP contribution < -0.4 is 9.62 Å². The van der Waals surface area contributed by atoms with E-state index in [0.29, 0.717) is 16.9 Å². The lowest BCUT2D eigenvalue weighted by Gasteiger charge is -2.23. The summed E-state index contributed by atoms with van der Waals surface area (Å²) >= 11 is 3.32. The maximum absolute atomic E-state index is 13.2. The molecule has 1 amide bonds. The molecule has 0 spiro atoms. The minimum Gasteiger partial charge on any atom is -0.322 e. The SMILES string of the molecule is CCN(c1ccc(C(=O)Nc2ccc(CSc3ccccc3)cc2)cc1)S(=O)(=O)c1ccc(SC)cc1. The molecule has 0 fully saturated rings. The lowest BCUT2D eigenvalue weighted by molar-refractivity contribution is 0.102. The number of nitrogens with zero attached hydrogens (tertiary/aromatic N) is 1. The molecule has 8 heteroatoms. The molecule has 0 aliphatic heterocycles. The number of amides is 1. The highest BCUT2D eigenvalue weighted by atomic mass is 32.2. The largest absolute Gasteiger partial charge is 0.322 e. The Hall–Kier alpha value is -3.20. The van der Waals surface area contributed by atoms with Gasteiger partial charge in [-0.1, -0.05) is 30.3 Å². The molecule has 0 heterocycles. The summed E-state index contributed by atoms with van der Waals surface area (Å²) < 4.78 is 27.8. The third-order valence-electron chi connectivity index (χ3n) is 5.71. The fraction of sp³-hybridized carbons (Fsp3) is 0.138. The van der Waals surface area contributed by atoms with E-state index < -0.39 is 10.0 Å². The molecular weight excluding hydrogens is 521 g/mol. The van der Waals surface area contributed by atoms with Crippen LogP contribution in [0.15, 0.2) is 118 Å². The fourth-order valence-corrected chi connectivity index (χ4v) is 6.47. The maximum atomic E-state index is 13.2. The van der Waals surface area contributed by atoms with Crippen LogP contribution in [0.1, 0.15) is 22.8 Å². The second-order valence-corrected chi connectivity index (χ2v) is 11.9. The Morgan fingerprint density at radius 1 is 0.811 bits per heavy atom. The molecule has 0 atom stereocenters. The van der Waals surface area contributed by atoms with Gasteiger partial charge in [0.2, 0.25) is 0 Å². The molecule has 1 N–H and O–H groups in total. The van der Waals surface area contributed by atoms with Gasteiger partial charge in [-0.3, -0.25) is 9.10 Å². The number of rotatable bonds is 10. The first-order chi connectivity index (χ1) is 17.9. The highest BCUT2D eigenvalue weighted by Crippen LogP contribution is 2.26. The zero-order chi connectivity index (χ0) is 26.3. The van der Waals surface area contributed by atoms with E-state index in [-0.39, 0.29) is 17.3 Å². The minimum atomic E-state index is -3.72. The smallest absolute Gasteiger partial charge is 0.264 e. The highest BCUT2D eigenvalue weighted by Gasteiger charge is 2.23. The molecule has 0 bridgehead atoms. The van der Waals surface area contributed by atoms with Crippen LogP contribution in [-0.2, 0) is 15.8 Å². The first-order valence-corrected chi connectivity index (χ1v) is 15.4. The van der Waals surface area contributed by atoms with Crippen LogP contribution in [0.4, 0.5) is 11.4 Å². The molecule has 5 nitrogen and oxygen atoms in total. The van der Waals surface area contributed by atoms with E-state index in [9.17, 15) is 13.2 Å². The van der Waals surface area contributed by atoms with Crippen LogP contribution in [0, 0.1) is 0 Å². The molecule has 4 rings (SSSR count). The third kappa shape index (κ3) is 6.77. The number of carbonyl (C=O) groups is 1. The number of thioether (sulfide) groups is 2. The lowest BCUT2D eigenvalue weighted by Crippen LogP contribution is -2.30. The number of sulfonamides is 1. The number of anilines is 2. The van der Waals surface area contributed by atoms with Gasteiger partial charge >= 0.3 is 0 Å². The quantitative estimate of drug-likeness (QED) is 0.213. The van der Waals surface area contributed by atoms with Gasteiger partial charge in [-0.15, -0.1) is 23.5 Å². The normalized spacial score (nSPS) is 11.2. The van der Waals surface area contributed by atoms with Crippen molar-refractivity contribution in [1.82, 2.24) is 0 Å². The van der Waals surface area contributed by atoms with Gasteiger partial charge in [0.25, 0.3) is 15.9 Å². The van der Waals surface area contributed by atoms with Crippen LogP contribution in [0.5, 0.6) is 0 Å². The number of nitrogens with one attached hydrogen (secondary N) is 1. The number of hydrogen-bond donors (Lipinski definition) is 1. The van der Waals surface area contributed by atoms with Crippen molar-refractivity contribution >= 4 is 50.8 Å². The van der Waals surface area contributed by atoms with Gasteiger partial charge in [0, 0.05) is 33.3 Å². The molecule has 37 heavy (non-hydrogen) atoms. The van der Waals surface area contributed by atoms with Gasteiger partial charge in [0.1, 0.15) is 0 Å². The van der Waals surface area contributed by atoms with Gasteiger partial charge in [0.15, 0.2) is 0 Å². The van der Waals surface area contributed by atoms with Crippen molar-refractivity contribution in [3.8, 4) is 0 Å². The van der Waals surface area contributed by atoms with E-state index in [2.05, 4.69) is 17.4 Å². The Bertz CT molecular complexity index is 1420. The Morgan fingerprint density at radius 2 is 1.46 bits per heavy atom. The Balaban J connectivity index is 1.40. The molecular formula is C29H28N2O3S3. The molecule has 0 aromatic heterocycles. The number of benzene rings is 4. The molecule has 4 aromatic rings. The summed E-state index contributed by atoms with van der Waals surface area (Å²) in [5.74, 6) is 0.592. The molecule has 0 aliphatic carbocycles. The van der Waals surface area contributed by atoms with E-state index >= 15 is 0 Å². The summed E-state index contributed by atoms with van der Waals surface area (Å²) in [4.78, 5) is 15.2. The van der Waals surface area contributed by atoms with Gasteiger partial charge < -0.3 is 5.32 Å². The minimum absolute atomic E-state index is 0.236. The van der Waals surface area contributed by atoms with Crippen molar-refractivity contribution in [2.24, 2.45) is 0 Å². The monoisotopic (exact) mass is 548 g/mol. The maximum Gasteiger partial charge on any atom is 0.264 e. The summed E-state index contributed by atoms with van der Waals surface area (Å²) in [5.41, 5.74) is 2.83.